The normalized spacial score (nSPS) is 12.4. The average Bonchev–Trinajstić information content (AvgIpc) is 2.33. The Balaban J connectivity index is 2.08. The first-order chi connectivity index (χ1) is 7.75. The van der Waals surface area contributed by atoms with Gasteiger partial charge in [0.2, 0.25) is 0 Å². The molecular weight excluding hydrogens is 212 g/mol. The van der Waals surface area contributed by atoms with Crippen LogP contribution in [0.5, 0.6) is 0 Å². The molecule has 2 aromatic carbocycles. The lowest BCUT2D eigenvalue weighted by Crippen LogP contribution is -1.87. The highest BCUT2D eigenvalue weighted by Crippen LogP contribution is 2.34. The van der Waals surface area contributed by atoms with E-state index in [0.29, 0.717) is 0 Å². The summed E-state index contributed by atoms with van der Waals surface area (Å²) in [7, 11) is 0. The summed E-state index contributed by atoms with van der Waals surface area (Å²) in [6, 6.07) is 19.0. The third kappa shape index (κ3) is 2.89. The average molecular weight is 227 g/mol. The highest BCUT2D eigenvalue weighted by atomic mass is 32.2. The van der Waals surface area contributed by atoms with Crippen molar-refractivity contribution in [2.75, 3.05) is 0 Å². The van der Waals surface area contributed by atoms with E-state index in [4.69, 9.17) is 0 Å². The van der Waals surface area contributed by atoms with Crippen molar-refractivity contribution in [2.45, 2.75) is 17.1 Å². The minimum Gasteiger partial charge on any atom is -0.118 e. The maximum atomic E-state index is 4.19. The standard InChI is InChI=1S/C15H15S/c1-12-8-10-15(11-9-12)16-13(2)14-6-4-3-5-7-14/h3-11,13H,2H2,1H3. The Morgan fingerprint density at radius 3 is 2.19 bits per heavy atom. The Hall–Kier alpha value is -1.21. The molecule has 81 valence electrons. The Kier molecular flexibility index (Phi) is 3.68. The first-order valence-corrected chi connectivity index (χ1v) is 6.25. The van der Waals surface area contributed by atoms with Gasteiger partial charge in [-0.2, -0.15) is 0 Å². The van der Waals surface area contributed by atoms with Gasteiger partial charge in [0.05, 0.1) is 0 Å². The summed E-state index contributed by atoms with van der Waals surface area (Å²) in [5.74, 6) is 0. The van der Waals surface area contributed by atoms with Gasteiger partial charge in [-0.05, 0) is 31.5 Å². The van der Waals surface area contributed by atoms with E-state index in [1.807, 2.05) is 6.07 Å². The summed E-state index contributed by atoms with van der Waals surface area (Å²) in [6.07, 6.45) is 0. The molecule has 0 nitrogen and oxygen atoms in total. The molecule has 0 aliphatic carbocycles. The van der Waals surface area contributed by atoms with Crippen LogP contribution in [0.3, 0.4) is 0 Å². The third-order valence-corrected chi connectivity index (χ3v) is 3.57. The number of benzene rings is 2. The number of rotatable bonds is 3. The zero-order chi connectivity index (χ0) is 11.4. The molecule has 0 fully saturated rings. The van der Waals surface area contributed by atoms with Crippen molar-refractivity contribution in [2.24, 2.45) is 0 Å². The summed E-state index contributed by atoms with van der Waals surface area (Å²) < 4.78 is 0. The summed E-state index contributed by atoms with van der Waals surface area (Å²) in [6.45, 7) is 6.29. The van der Waals surface area contributed by atoms with Crippen molar-refractivity contribution in [1.82, 2.24) is 0 Å². The first kappa shape index (κ1) is 11.3. The smallest absolute Gasteiger partial charge is 0.0345 e. The molecule has 0 N–H and O–H groups in total. The second-order valence-corrected chi connectivity index (χ2v) is 5.11. The second-order valence-electron chi connectivity index (χ2n) is 3.83. The van der Waals surface area contributed by atoms with Crippen molar-refractivity contribution in [3.8, 4) is 0 Å². The Labute approximate surface area is 102 Å². The first-order valence-electron chi connectivity index (χ1n) is 5.37. The number of aryl methyl sites for hydroxylation is 1. The summed E-state index contributed by atoms with van der Waals surface area (Å²) in [5, 5.41) is 0.254. The second kappa shape index (κ2) is 5.22. The van der Waals surface area contributed by atoms with Gasteiger partial charge in [0, 0.05) is 10.1 Å². The molecule has 0 aliphatic heterocycles. The van der Waals surface area contributed by atoms with Crippen molar-refractivity contribution >= 4 is 11.8 Å². The quantitative estimate of drug-likeness (QED) is 0.687. The Morgan fingerprint density at radius 1 is 0.938 bits per heavy atom. The van der Waals surface area contributed by atoms with E-state index in [2.05, 4.69) is 62.4 Å². The fourth-order valence-corrected chi connectivity index (χ4v) is 2.43. The molecule has 0 spiro atoms. The van der Waals surface area contributed by atoms with Crippen LogP contribution in [-0.2, 0) is 0 Å². The fraction of sp³-hybridized carbons (Fsp3) is 0.133. The topological polar surface area (TPSA) is 0 Å². The van der Waals surface area contributed by atoms with Gasteiger partial charge >= 0.3 is 0 Å². The van der Waals surface area contributed by atoms with E-state index in [0.717, 1.165) is 0 Å². The van der Waals surface area contributed by atoms with Crippen LogP contribution in [0.1, 0.15) is 16.4 Å². The largest absolute Gasteiger partial charge is 0.118 e. The van der Waals surface area contributed by atoms with E-state index in [1.165, 1.54) is 16.0 Å². The molecule has 0 aliphatic rings. The van der Waals surface area contributed by atoms with Gasteiger partial charge in [0.15, 0.2) is 0 Å². The van der Waals surface area contributed by atoms with Gasteiger partial charge in [-0.15, -0.1) is 11.8 Å². The van der Waals surface area contributed by atoms with Gasteiger partial charge in [0.25, 0.3) is 0 Å². The molecule has 2 aromatic rings. The molecule has 0 amide bonds. The van der Waals surface area contributed by atoms with Crippen LogP contribution in [0.2, 0.25) is 0 Å². The highest BCUT2D eigenvalue weighted by Gasteiger charge is 2.06. The van der Waals surface area contributed by atoms with Crippen LogP contribution in [-0.4, -0.2) is 0 Å². The molecule has 0 heterocycles. The monoisotopic (exact) mass is 227 g/mol. The molecule has 1 radical (unpaired) electrons. The summed E-state index contributed by atoms with van der Waals surface area (Å²) in [5.41, 5.74) is 2.57. The maximum absolute atomic E-state index is 4.19. The summed E-state index contributed by atoms with van der Waals surface area (Å²) in [4.78, 5) is 1.27. The van der Waals surface area contributed by atoms with Gasteiger partial charge < -0.3 is 0 Å². The predicted molar refractivity (Wildman–Crippen MR) is 71.6 cm³/mol. The summed E-state index contributed by atoms with van der Waals surface area (Å²) >= 11 is 1.79. The van der Waals surface area contributed by atoms with Crippen LogP contribution >= 0.6 is 11.8 Å². The Bertz CT molecular complexity index is 431. The lowest BCUT2D eigenvalue weighted by atomic mass is 10.2. The zero-order valence-electron chi connectivity index (χ0n) is 9.39. The van der Waals surface area contributed by atoms with Crippen molar-refractivity contribution < 1.29 is 0 Å². The van der Waals surface area contributed by atoms with Crippen molar-refractivity contribution in [3.05, 3.63) is 72.6 Å². The van der Waals surface area contributed by atoms with Crippen LogP contribution in [0.4, 0.5) is 0 Å². The fourth-order valence-electron chi connectivity index (χ4n) is 1.52. The minimum atomic E-state index is 0.254. The number of thioether (sulfide) groups is 1. The number of hydrogen-bond donors (Lipinski definition) is 0. The van der Waals surface area contributed by atoms with Crippen LogP contribution < -0.4 is 0 Å². The lowest BCUT2D eigenvalue weighted by Gasteiger charge is -2.11. The molecular formula is C15H15S. The molecule has 0 aromatic heterocycles. The van der Waals surface area contributed by atoms with E-state index in [1.54, 1.807) is 11.8 Å². The SMILES string of the molecule is [CH2]C(Sc1ccc(C)cc1)c1ccccc1. The van der Waals surface area contributed by atoms with E-state index >= 15 is 0 Å². The highest BCUT2D eigenvalue weighted by molar-refractivity contribution is 7.99. The van der Waals surface area contributed by atoms with E-state index < -0.39 is 0 Å². The Morgan fingerprint density at radius 2 is 1.56 bits per heavy atom. The van der Waals surface area contributed by atoms with Gasteiger partial charge in [-0.3, -0.25) is 0 Å². The lowest BCUT2D eigenvalue weighted by molar-refractivity contribution is 1.22. The van der Waals surface area contributed by atoms with Crippen molar-refractivity contribution in [1.29, 1.82) is 0 Å². The molecule has 16 heavy (non-hydrogen) atoms. The van der Waals surface area contributed by atoms with Gasteiger partial charge in [0.1, 0.15) is 0 Å². The van der Waals surface area contributed by atoms with Crippen LogP contribution in [0, 0.1) is 13.8 Å². The van der Waals surface area contributed by atoms with Gasteiger partial charge in [-0.1, -0.05) is 48.0 Å². The molecule has 1 heteroatoms. The third-order valence-electron chi connectivity index (χ3n) is 2.47. The van der Waals surface area contributed by atoms with E-state index in [-0.39, 0.29) is 5.25 Å². The van der Waals surface area contributed by atoms with E-state index in [9.17, 15) is 0 Å². The van der Waals surface area contributed by atoms with Crippen molar-refractivity contribution in [3.63, 3.8) is 0 Å². The van der Waals surface area contributed by atoms with Crippen LogP contribution in [0.25, 0.3) is 0 Å². The maximum Gasteiger partial charge on any atom is 0.0345 e. The minimum absolute atomic E-state index is 0.254. The zero-order valence-corrected chi connectivity index (χ0v) is 10.2. The molecule has 0 bridgehead atoms. The molecule has 0 saturated carbocycles. The molecule has 0 saturated heterocycles. The molecule has 1 unspecified atom stereocenters. The van der Waals surface area contributed by atoms with Gasteiger partial charge in [-0.25, -0.2) is 0 Å². The van der Waals surface area contributed by atoms with Crippen LogP contribution in [0.15, 0.2) is 59.5 Å². The number of hydrogen-bond acceptors (Lipinski definition) is 1. The predicted octanol–water partition coefficient (Wildman–Crippen LogP) is 4.66. The molecule has 2 rings (SSSR count). The molecule has 1 atom stereocenters.